The number of pyridine rings is 1. The lowest BCUT2D eigenvalue weighted by Gasteiger charge is -2.11. The molecule has 26 heavy (non-hydrogen) atoms. The zero-order chi connectivity index (χ0) is 18.4. The minimum absolute atomic E-state index is 0.155. The van der Waals surface area contributed by atoms with Crippen LogP contribution in [0.3, 0.4) is 0 Å². The Hall–Kier alpha value is -3.15. The minimum Gasteiger partial charge on any atom is -0.481 e. The summed E-state index contributed by atoms with van der Waals surface area (Å²) in [4.78, 5) is 20.7. The van der Waals surface area contributed by atoms with Gasteiger partial charge in [-0.25, -0.2) is 9.97 Å². The molecular formula is C20H22N4O2. The third-order valence-electron chi connectivity index (χ3n) is 4.16. The first kappa shape index (κ1) is 17.7. The van der Waals surface area contributed by atoms with Gasteiger partial charge in [-0.05, 0) is 18.6 Å². The van der Waals surface area contributed by atoms with Gasteiger partial charge in [-0.1, -0.05) is 30.3 Å². The molecule has 0 aliphatic carbocycles. The van der Waals surface area contributed by atoms with E-state index in [0.29, 0.717) is 24.4 Å². The van der Waals surface area contributed by atoms with Gasteiger partial charge in [-0.3, -0.25) is 4.79 Å². The van der Waals surface area contributed by atoms with Gasteiger partial charge in [0, 0.05) is 43.7 Å². The van der Waals surface area contributed by atoms with E-state index in [0.717, 1.165) is 18.1 Å². The molecule has 0 saturated heterocycles. The Morgan fingerprint density at radius 2 is 1.92 bits per heavy atom. The van der Waals surface area contributed by atoms with Crippen LogP contribution < -0.4 is 10.1 Å². The quantitative estimate of drug-likeness (QED) is 0.711. The highest BCUT2D eigenvalue weighted by atomic mass is 16.5. The van der Waals surface area contributed by atoms with Gasteiger partial charge in [0.25, 0.3) is 5.91 Å². The van der Waals surface area contributed by atoms with Crippen LogP contribution in [-0.2, 0) is 13.0 Å². The van der Waals surface area contributed by atoms with Crippen molar-refractivity contribution >= 4 is 5.91 Å². The van der Waals surface area contributed by atoms with E-state index in [4.69, 9.17) is 4.74 Å². The van der Waals surface area contributed by atoms with Crippen LogP contribution in [0.5, 0.6) is 5.88 Å². The number of benzene rings is 1. The third kappa shape index (κ3) is 4.27. The predicted molar refractivity (Wildman–Crippen MR) is 99.3 cm³/mol. The van der Waals surface area contributed by atoms with Crippen LogP contribution in [-0.4, -0.2) is 34.1 Å². The van der Waals surface area contributed by atoms with Gasteiger partial charge in [0.05, 0.1) is 12.7 Å². The number of nitrogens with zero attached hydrogens (tertiary/aromatic N) is 3. The molecule has 2 aromatic heterocycles. The Balaban J connectivity index is 1.58. The first-order chi connectivity index (χ1) is 12.7. The minimum atomic E-state index is -0.155. The number of amides is 1. The molecule has 0 saturated carbocycles. The average Bonchev–Trinajstić information content (AvgIpc) is 3.02. The molecule has 3 aromatic rings. The molecule has 0 radical (unpaired) electrons. The van der Waals surface area contributed by atoms with Crippen LogP contribution in [0.4, 0.5) is 0 Å². The molecular weight excluding hydrogens is 328 g/mol. The number of hydrogen-bond acceptors (Lipinski definition) is 4. The number of imidazole rings is 1. The van der Waals surface area contributed by atoms with Crippen LogP contribution in [0.15, 0.2) is 54.9 Å². The fourth-order valence-corrected chi connectivity index (χ4v) is 2.72. The number of hydrogen-bond donors (Lipinski definition) is 1. The summed E-state index contributed by atoms with van der Waals surface area (Å²) in [5.74, 6) is 1.29. The van der Waals surface area contributed by atoms with Gasteiger partial charge in [-0.2, -0.15) is 0 Å². The Labute approximate surface area is 152 Å². The lowest BCUT2D eigenvalue weighted by atomic mass is 10.2. The normalized spacial score (nSPS) is 10.5. The molecule has 0 aliphatic heterocycles. The van der Waals surface area contributed by atoms with Crippen LogP contribution in [0.25, 0.3) is 0 Å². The van der Waals surface area contributed by atoms with Crippen LogP contribution in [0.2, 0.25) is 0 Å². The first-order valence-corrected chi connectivity index (χ1v) is 8.50. The lowest BCUT2D eigenvalue weighted by Crippen LogP contribution is -2.26. The van der Waals surface area contributed by atoms with Crippen LogP contribution in [0.1, 0.15) is 27.4 Å². The largest absolute Gasteiger partial charge is 0.481 e. The van der Waals surface area contributed by atoms with E-state index in [1.807, 2.05) is 31.3 Å². The fourth-order valence-electron chi connectivity index (χ4n) is 2.72. The second kappa shape index (κ2) is 8.29. The van der Waals surface area contributed by atoms with Crippen molar-refractivity contribution in [2.75, 3.05) is 13.7 Å². The number of nitrogens with one attached hydrogen (secondary N) is 1. The van der Waals surface area contributed by atoms with Gasteiger partial charge in [0.2, 0.25) is 5.88 Å². The number of aromatic nitrogens is 3. The van der Waals surface area contributed by atoms with Gasteiger partial charge < -0.3 is 14.6 Å². The van der Waals surface area contributed by atoms with Gasteiger partial charge in [0.15, 0.2) is 0 Å². The summed E-state index contributed by atoms with van der Waals surface area (Å²) < 4.78 is 7.18. The second-order valence-corrected chi connectivity index (χ2v) is 5.98. The SMILES string of the molecule is COc1ccc(C(=O)NCCc2ncc(C)n2Cc2ccccc2)cn1. The van der Waals surface area contributed by atoms with Crippen molar-refractivity contribution in [3.63, 3.8) is 0 Å². The Bertz CT molecular complexity index is 857. The zero-order valence-corrected chi connectivity index (χ0v) is 15.0. The van der Waals surface area contributed by atoms with E-state index in [2.05, 4.69) is 32.0 Å². The van der Waals surface area contributed by atoms with Crippen molar-refractivity contribution in [1.29, 1.82) is 0 Å². The average molecular weight is 350 g/mol. The Morgan fingerprint density at radius 3 is 2.62 bits per heavy atom. The van der Waals surface area contributed by atoms with Gasteiger partial charge in [-0.15, -0.1) is 0 Å². The fraction of sp³-hybridized carbons (Fsp3) is 0.250. The predicted octanol–water partition coefficient (Wildman–Crippen LogP) is 2.62. The topological polar surface area (TPSA) is 69.0 Å². The van der Waals surface area contributed by atoms with E-state index < -0.39 is 0 Å². The number of aryl methyl sites for hydroxylation is 1. The molecule has 6 heteroatoms. The molecule has 3 rings (SSSR count). The van der Waals surface area contributed by atoms with Gasteiger partial charge >= 0.3 is 0 Å². The zero-order valence-electron chi connectivity index (χ0n) is 15.0. The van der Waals surface area contributed by atoms with E-state index in [1.165, 1.54) is 11.8 Å². The first-order valence-electron chi connectivity index (χ1n) is 8.50. The molecule has 0 spiro atoms. The number of methoxy groups -OCH3 is 1. The molecule has 6 nitrogen and oxygen atoms in total. The molecule has 0 aliphatic rings. The van der Waals surface area contributed by atoms with Crippen molar-refractivity contribution in [2.24, 2.45) is 0 Å². The highest BCUT2D eigenvalue weighted by molar-refractivity contribution is 5.93. The summed E-state index contributed by atoms with van der Waals surface area (Å²) in [5.41, 5.74) is 2.84. The Kier molecular flexibility index (Phi) is 5.63. The number of carbonyl (C=O) groups excluding carboxylic acids is 1. The van der Waals surface area contributed by atoms with Crippen LogP contribution in [0, 0.1) is 6.92 Å². The third-order valence-corrected chi connectivity index (χ3v) is 4.16. The highest BCUT2D eigenvalue weighted by Gasteiger charge is 2.10. The van der Waals surface area contributed by atoms with E-state index in [9.17, 15) is 4.79 Å². The maximum Gasteiger partial charge on any atom is 0.252 e. The number of carbonyl (C=O) groups is 1. The Morgan fingerprint density at radius 1 is 1.12 bits per heavy atom. The summed E-state index contributed by atoms with van der Waals surface area (Å²) >= 11 is 0. The summed E-state index contributed by atoms with van der Waals surface area (Å²) in [5, 5.41) is 2.91. The van der Waals surface area contributed by atoms with Crippen molar-refractivity contribution in [3.8, 4) is 5.88 Å². The molecule has 0 fully saturated rings. The summed E-state index contributed by atoms with van der Waals surface area (Å²) in [7, 11) is 1.54. The van der Waals surface area contributed by atoms with Gasteiger partial charge in [0.1, 0.15) is 5.82 Å². The molecule has 1 N–H and O–H groups in total. The second-order valence-electron chi connectivity index (χ2n) is 5.98. The van der Waals surface area contributed by atoms with E-state index in [-0.39, 0.29) is 5.91 Å². The molecule has 1 aromatic carbocycles. The highest BCUT2D eigenvalue weighted by Crippen LogP contribution is 2.10. The maximum absolute atomic E-state index is 12.2. The number of rotatable bonds is 7. The lowest BCUT2D eigenvalue weighted by molar-refractivity contribution is 0.0953. The van der Waals surface area contributed by atoms with Crippen molar-refractivity contribution in [3.05, 3.63) is 77.5 Å². The monoisotopic (exact) mass is 350 g/mol. The van der Waals surface area contributed by atoms with E-state index >= 15 is 0 Å². The molecule has 1 amide bonds. The molecule has 2 heterocycles. The summed E-state index contributed by atoms with van der Waals surface area (Å²) in [6.07, 6.45) is 4.04. The van der Waals surface area contributed by atoms with Crippen molar-refractivity contribution in [1.82, 2.24) is 19.9 Å². The standard InChI is InChI=1S/C20H22N4O2/c1-15-12-22-18(24(15)14-16-6-4-3-5-7-16)10-11-21-20(25)17-8-9-19(26-2)23-13-17/h3-9,12-13H,10-11,14H2,1-2H3,(H,21,25). The summed E-state index contributed by atoms with van der Waals surface area (Å²) in [6, 6.07) is 13.6. The molecule has 0 bridgehead atoms. The smallest absolute Gasteiger partial charge is 0.252 e. The van der Waals surface area contributed by atoms with E-state index in [1.54, 1.807) is 19.2 Å². The number of ether oxygens (including phenoxy) is 1. The van der Waals surface area contributed by atoms with Crippen LogP contribution >= 0.6 is 0 Å². The molecule has 0 atom stereocenters. The molecule has 0 unspecified atom stereocenters. The van der Waals surface area contributed by atoms with Crippen molar-refractivity contribution in [2.45, 2.75) is 19.9 Å². The summed E-state index contributed by atoms with van der Waals surface area (Å²) in [6.45, 7) is 3.33. The molecule has 134 valence electrons. The maximum atomic E-state index is 12.2. The van der Waals surface area contributed by atoms with Crippen molar-refractivity contribution < 1.29 is 9.53 Å².